The van der Waals surface area contributed by atoms with E-state index in [1.54, 1.807) is 29.1 Å². The van der Waals surface area contributed by atoms with Crippen molar-refractivity contribution in [2.45, 2.75) is 6.54 Å². The topological polar surface area (TPSA) is 70.7 Å². The van der Waals surface area contributed by atoms with Gasteiger partial charge in [0.2, 0.25) is 0 Å². The maximum Gasteiger partial charge on any atom is 0.271 e. The van der Waals surface area contributed by atoms with Crippen LogP contribution >= 0.6 is 22.7 Å². The SMILES string of the molecule is O=C(NCc1ncc[nH]1)c1csc(-c2ccsc2)n1. The lowest BCUT2D eigenvalue weighted by atomic mass is 10.3. The highest BCUT2D eigenvalue weighted by molar-refractivity contribution is 7.14. The van der Waals surface area contributed by atoms with Crippen LogP contribution in [0, 0.1) is 0 Å². The van der Waals surface area contributed by atoms with Gasteiger partial charge in [0.25, 0.3) is 5.91 Å². The van der Waals surface area contributed by atoms with Crippen molar-refractivity contribution in [3.8, 4) is 10.6 Å². The van der Waals surface area contributed by atoms with Crippen molar-refractivity contribution in [2.24, 2.45) is 0 Å². The highest BCUT2D eigenvalue weighted by Crippen LogP contribution is 2.25. The quantitative estimate of drug-likeness (QED) is 0.775. The third kappa shape index (κ3) is 2.72. The van der Waals surface area contributed by atoms with E-state index < -0.39 is 0 Å². The number of rotatable bonds is 4. The van der Waals surface area contributed by atoms with Gasteiger partial charge in [-0.3, -0.25) is 4.79 Å². The molecule has 3 heterocycles. The summed E-state index contributed by atoms with van der Waals surface area (Å²) in [7, 11) is 0. The van der Waals surface area contributed by atoms with E-state index in [0.717, 1.165) is 16.4 Å². The fourth-order valence-corrected chi connectivity index (χ4v) is 3.06. The zero-order chi connectivity index (χ0) is 13.1. The number of carbonyl (C=O) groups excluding carboxylic acids is 1. The molecule has 0 aromatic carbocycles. The molecule has 0 spiro atoms. The number of aromatic amines is 1. The highest BCUT2D eigenvalue weighted by atomic mass is 32.1. The number of H-pyrrole nitrogens is 1. The summed E-state index contributed by atoms with van der Waals surface area (Å²) >= 11 is 3.08. The molecule has 3 aromatic rings. The van der Waals surface area contributed by atoms with Gasteiger partial charge in [0.1, 0.15) is 16.5 Å². The zero-order valence-electron chi connectivity index (χ0n) is 9.79. The molecule has 0 aliphatic heterocycles. The van der Waals surface area contributed by atoms with Crippen molar-refractivity contribution < 1.29 is 4.79 Å². The number of hydrogen-bond donors (Lipinski definition) is 2. The van der Waals surface area contributed by atoms with E-state index in [1.807, 2.05) is 16.8 Å². The predicted molar refractivity (Wildman–Crippen MR) is 75.2 cm³/mol. The Hall–Kier alpha value is -1.99. The number of aromatic nitrogens is 3. The summed E-state index contributed by atoms with van der Waals surface area (Å²) in [6.45, 7) is 0.372. The first-order valence-corrected chi connectivity index (χ1v) is 7.40. The number of imidazole rings is 1. The molecule has 0 unspecified atom stereocenters. The summed E-state index contributed by atoms with van der Waals surface area (Å²) in [5.74, 6) is 0.538. The number of thiazole rings is 1. The van der Waals surface area contributed by atoms with Crippen molar-refractivity contribution in [1.82, 2.24) is 20.3 Å². The molecule has 0 aliphatic rings. The summed E-state index contributed by atoms with van der Waals surface area (Å²) in [5, 5.41) is 9.42. The zero-order valence-corrected chi connectivity index (χ0v) is 11.4. The van der Waals surface area contributed by atoms with Gasteiger partial charge < -0.3 is 10.3 Å². The van der Waals surface area contributed by atoms with Crippen molar-refractivity contribution >= 4 is 28.6 Å². The van der Waals surface area contributed by atoms with Crippen LogP contribution in [-0.4, -0.2) is 20.9 Å². The molecule has 0 saturated carbocycles. The maximum atomic E-state index is 11.9. The van der Waals surface area contributed by atoms with Gasteiger partial charge in [-0.1, -0.05) is 0 Å². The molecule has 7 heteroatoms. The van der Waals surface area contributed by atoms with Crippen LogP contribution in [0.25, 0.3) is 10.6 Å². The molecule has 19 heavy (non-hydrogen) atoms. The minimum atomic E-state index is -0.186. The molecular weight excluding hydrogens is 280 g/mol. The van der Waals surface area contributed by atoms with Gasteiger partial charge in [-0.05, 0) is 11.4 Å². The molecular formula is C12H10N4OS2. The van der Waals surface area contributed by atoms with Crippen LogP contribution in [0.5, 0.6) is 0 Å². The van der Waals surface area contributed by atoms with Gasteiger partial charge >= 0.3 is 0 Å². The number of nitrogens with one attached hydrogen (secondary N) is 2. The number of carbonyl (C=O) groups is 1. The molecule has 0 saturated heterocycles. The fraction of sp³-hybridized carbons (Fsp3) is 0.0833. The summed E-state index contributed by atoms with van der Waals surface area (Å²) < 4.78 is 0. The highest BCUT2D eigenvalue weighted by Gasteiger charge is 2.12. The smallest absolute Gasteiger partial charge is 0.271 e. The molecule has 0 aliphatic carbocycles. The monoisotopic (exact) mass is 290 g/mol. The Morgan fingerprint density at radius 1 is 1.42 bits per heavy atom. The molecule has 5 nitrogen and oxygen atoms in total. The van der Waals surface area contributed by atoms with Crippen LogP contribution in [-0.2, 0) is 6.54 Å². The van der Waals surface area contributed by atoms with Crippen molar-refractivity contribution in [1.29, 1.82) is 0 Å². The van der Waals surface area contributed by atoms with E-state index >= 15 is 0 Å². The lowest BCUT2D eigenvalue weighted by molar-refractivity contribution is 0.0946. The van der Waals surface area contributed by atoms with Gasteiger partial charge in [-0.2, -0.15) is 11.3 Å². The normalized spacial score (nSPS) is 10.5. The van der Waals surface area contributed by atoms with Crippen molar-refractivity contribution in [2.75, 3.05) is 0 Å². The molecule has 0 radical (unpaired) electrons. The third-order valence-corrected chi connectivity index (χ3v) is 4.05. The minimum absolute atomic E-state index is 0.186. The second-order valence-electron chi connectivity index (χ2n) is 3.77. The van der Waals surface area contributed by atoms with E-state index in [4.69, 9.17) is 0 Å². The van der Waals surface area contributed by atoms with Crippen LogP contribution in [0.4, 0.5) is 0 Å². The predicted octanol–water partition coefficient (Wildman–Crippen LogP) is 2.52. The average Bonchev–Trinajstić information content (AvgIpc) is 3.14. The van der Waals surface area contributed by atoms with Gasteiger partial charge in [0.15, 0.2) is 0 Å². The molecule has 0 atom stereocenters. The number of thiophene rings is 1. The van der Waals surface area contributed by atoms with Crippen LogP contribution in [0.3, 0.4) is 0 Å². The van der Waals surface area contributed by atoms with Gasteiger partial charge in [-0.15, -0.1) is 11.3 Å². The molecule has 96 valence electrons. The molecule has 2 N–H and O–H groups in total. The second kappa shape index (κ2) is 5.33. The third-order valence-electron chi connectivity index (χ3n) is 2.48. The maximum absolute atomic E-state index is 11.9. The van der Waals surface area contributed by atoms with E-state index in [1.165, 1.54) is 11.3 Å². The van der Waals surface area contributed by atoms with Crippen LogP contribution in [0.2, 0.25) is 0 Å². The largest absolute Gasteiger partial charge is 0.347 e. The second-order valence-corrected chi connectivity index (χ2v) is 5.41. The number of amides is 1. The Morgan fingerprint density at radius 3 is 3.11 bits per heavy atom. The Bertz CT molecular complexity index is 658. The Morgan fingerprint density at radius 2 is 2.37 bits per heavy atom. The number of hydrogen-bond acceptors (Lipinski definition) is 5. The van der Waals surface area contributed by atoms with Crippen LogP contribution < -0.4 is 5.32 Å². The minimum Gasteiger partial charge on any atom is -0.347 e. The van der Waals surface area contributed by atoms with E-state index in [9.17, 15) is 4.79 Å². The van der Waals surface area contributed by atoms with Crippen LogP contribution in [0.1, 0.15) is 16.3 Å². The molecule has 3 aromatic heterocycles. The first-order chi connectivity index (χ1) is 9.33. The summed E-state index contributed by atoms with van der Waals surface area (Å²) in [4.78, 5) is 23.2. The Balaban J connectivity index is 1.67. The van der Waals surface area contributed by atoms with Crippen molar-refractivity contribution in [3.05, 3.63) is 46.1 Å². The Labute approximate surface area is 117 Å². The van der Waals surface area contributed by atoms with Gasteiger partial charge in [0, 0.05) is 28.7 Å². The lowest BCUT2D eigenvalue weighted by Gasteiger charge is -1.99. The summed E-state index contributed by atoms with van der Waals surface area (Å²) in [6.07, 6.45) is 3.37. The first-order valence-electron chi connectivity index (χ1n) is 5.57. The summed E-state index contributed by atoms with van der Waals surface area (Å²) in [5.41, 5.74) is 1.50. The first kappa shape index (κ1) is 12.1. The molecule has 3 rings (SSSR count). The standard InChI is InChI=1S/C12H10N4OS2/c17-11(15-5-10-13-2-3-14-10)9-7-19-12(16-9)8-1-4-18-6-8/h1-4,6-7H,5H2,(H,13,14)(H,15,17). The lowest BCUT2D eigenvalue weighted by Crippen LogP contribution is -2.23. The molecule has 0 bridgehead atoms. The van der Waals surface area contributed by atoms with E-state index in [0.29, 0.717) is 12.2 Å². The summed E-state index contributed by atoms with van der Waals surface area (Å²) in [6, 6.07) is 1.99. The van der Waals surface area contributed by atoms with E-state index in [2.05, 4.69) is 20.3 Å². The van der Waals surface area contributed by atoms with Gasteiger partial charge in [-0.25, -0.2) is 9.97 Å². The van der Waals surface area contributed by atoms with E-state index in [-0.39, 0.29) is 5.91 Å². The fourth-order valence-electron chi connectivity index (χ4n) is 1.55. The van der Waals surface area contributed by atoms with Crippen LogP contribution in [0.15, 0.2) is 34.6 Å². The van der Waals surface area contributed by atoms with Crippen molar-refractivity contribution in [3.63, 3.8) is 0 Å². The van der Waals surface area contributed by atoms with Gasteiger partial charge in [0.05, 0.1) is 6.54 Å². The Kier molecular flexibility index (Phi) is 3.39. The average molecular weight is 290 g/mol. The molecule has 0 fully saturated rings. The number of nitrogens with zero attached hydrogens (tertiary/aromatic N) is 2. The molecule has 1 amide bonds.